The van der Waals surface area contributed by atoms with Crippen LogP contribution in [0.3, 0.4) is 0 Å². The molecule has 1 heterocycles. The van der Waals surface area contributed by atoms with Gasteiger partial charge in [0.25, 0.3) is 0 Å². The molecule has 0 bridgehead atoms. The highest BCUT2D eigenvalue weighted by atomic mass is 16.5. The van der Waals surface area contributed by atoms with Crippen LogP contribution in [0, 0.1) is 0 Å². The molecule has 1 aliphatic heterocycles. The van der Waals surface area contributed by atoms with E-state index in [4.69, 9.17) is 14.2 Å². The van der Waals surface area contributed by atoms with Gasteiger partial charge in [0.2, 0.25) is 0 Å². The summed E-state index contributed by atoms with van der Waals surface area (Å²) < 4.78 is 16.1. The predicted molar refractivity (Wildman–Crippen MR) is 75.6 cm³/mol. The second kappa shape index (κ2) is 7.38. The minimum Gasteiger partial charge on any atom is -0.466 e. The van der Waals surface area contributed by atoms with Gasteiger partial charge >= 0.3 is 5.97 Å². The van der Waals surface area contributed by atoms with Gasteiger partial charge in [0, 0.05) is 25.7 Å². The van der Waals surface area contributed by atoms with E-state index in [0.717, 1.165) is 52.0 Å². The van der Waals surface area contributed by atoms with Gasteiger partial charge in [-0.2, -0.15) is 0 Å². The van der Waals surface area contributed by atoms with E-state index >= 15 is 0 Å². The Morgan fingerprint density at radius 1 is 1.30 bits per heavy atom. The summed E-state index contributed by atoms with van der Waals surface area (Å²) in [6.07, 6.45) is 4.89. The molecule has 0 aromatic rings. The summed E-state index contributed by atoms with van der Waals surface area (Å²) in [5, 5.41) is 0. The van der Waals surface area contributed by atoms with Crippen molar-refractivity contribution in [2.45, 2.75) is 50.7 Å². The maximum Gasteiger partial charge on any atom is 0.307 e. The third kappa shape index (κ3) is 3.71. The minimum atomic E-state index is -0.0742. The van der Waals surface area contributed by atoms with Crippen molar-refractivity contribution in [1.82, 2.24) is 4.90 Å². The van der Waals surface area contributed by atoms with Crippen molar-refractivity contribution in [1.29, 1.82) is 0 Å². The highest BCUT2D eigenvalue weighted by molar-refractivity contribution is 5.71. The fourth-order valence-corrected chi connectivity index (χ4v) is 3.49. The van der Waals surface area contributed by atoms with E-state index in [1.54, 1.807) is 7.11 Å². The zero-order valence-corrected chi connectivity index (χ0v) is 12.7. The number of esters is 1. The molecule has 1 saturated carbocycles. The maximum absolute atomic E-state index is 12.0. The van der Waals surface area contributed by atoms with Crippen LogP contribution in [-0.2, 0) is 19.0 Å². The summed E-state index contributed by atoms with van der Waals surface area (Å²) in [5.41, 5.74) is -0.0505. The van der Waals surface area contributed by atoms with E-state index in [-0.39, 0.29) is 11.5 Å². The molecule has 0 unspecified atom stereocenters. The summed E-state index contributed by atoms with van der Waals surface area (Å²) in [7, 11) is 1.78. The Morgan fingerprint density at radius 2 is 1.95 bits per heavy atom. The third-order valence-electron chi connectivity index (χ3n) is 4.66. The topological polar surface area (TPSA) is 48.0 Å². The highest BCUT2D eigenvalue weighted by Gasteiger charge is 2.42. The summed E-state index contributed by atoms with van der Waals surface area (Å²) in [6.45, 7) is 5.67. The van der Waals surface area contributed by atoms with Crippen molar-refractivity contribution in [3.05, 3.63) is 0 Å². The summed E-state index contributed by atoms with van der Waals surface area (Å²) in [5.74, 6) is -0.0742. The lowest BCUT2D eigenvalue weighted by Crippen LogP contribution is -2.56. The molecule has 2 aliphatic rings. The van der Waals surface area contributed by atoms with Gasteiger partial charge in [-0.25, -0.2) is 0 Å². The number of carbonyl (C=O) groups is 1. The van der Waals surface area contributed by atoms with Crippen LogP contribution in [0.5, 0.6) is 0 Å². The van der Waals surface area contributed by atoms with Gasteiger partial charge in [0.05, 0.1) is 32.3 Å². The van der Waals surface area contributed by atoms with Crippen LogP contribution in [0.2, 0.25) is 0 Å². The van der Waals surface area contributed by atoms with Crippen molar-refractivity contribution in [3.8, 4) is 0 Å². The van der Waals surface area contributed by atoms with Gasteiger partial charge in [-0.15, -0.1) is 0 Å². The number of hydrogen-bond acceptors (Lipinski definition) is 5. The Kier molecular flexibility index (Phi) is 5.81. The van der Waals surface area contributed by atoms with E-state index in [1.807, 2.05) is 6.92 Å². The highest BCUT2D eigenvalue weighted by Crippen LogP contribution is 2.38. The van der Waals surface area contributed by atoms with Gasteiger partial charge in [0.1, 0.15) is 0 Å². The molecule has 20 heavy (non-hydrogen) atoms. The first-order valence-electron chi connectivity index (χ1n) is 7.71. The summed E-state index contributed by atoms with van der Waals surface area (Å²) >= 11 is 0. The van der Waals surface area contributed by atoms with Gasteiger partial charge < -0.3 is 14.2 Å². The average Bonchev–Trinajstić information content (AvgIpc) is 2.49. The molecule has 5 nitrogen and oxygen atoms in total. The van der Waals surface area contributed by atoms with Crippen molar-refractivity contribution in [3.63, 3.8) is 0 Å². The molecule has 116 valence electrons. The van der Waals surface area contributed by atoms with E-state index in [1.165, 1.54) is 0 Å². The smallest absolute Gasteiger partial charge is 0.307 e. The van der Waals surface area contributed by atoms with Crippen molar-refractivity contribution in [2.24, 2.45) is 0 Å². The van der Waals surface area contributed by atoms with Crippen LogP contribution in [-0.4, -0.2) is 62.5 Å². The maximum atomic E-state index is 12.0. The molecular formula is C15H27NO4. The zero-order valence-electron chi connectivity index (χ0n) is 12.7. The standard InChI is InChI=1S/C15H27NO4/c1-3-20-14(17)12-15(16-8-10-19-11-9-16)6-4-13(18-2)5-7-15/h13H,3-12H2,1-2H3. The lowest BCUT2D eigenvalue weighted by Gasteiger charge is -2.48. The van der Waals surface area contributed by atoms with Crippen LogP contribution >= 0.6 is 0 Å². The first kappa shape index (κ1) is 15.7. The molecule has 1 aliphatic carbocycles. The van der Waals surface area contributed by atoms with Crippen LogP contribution in [0.25, 0.3) is 0 Å². The predicted octanol–water partition coefficient (Wildman–Crippen LogP) is 1.60. The van der Waals surface area contributed by atoms with E-state index in [9.17, 15) is 4.79 Å². The monoisotopic (exact) mass is 285 g/mol. The number of methoxy groups -OCH3 is 1. The zero-order chi connectivity index (χ0) is 14.4. The van der Waals surface area contributed by atoms with Crippen molar-refractivity contribution >= 4 is 5.97 Å². The Morgan fingerprint density at radius 3 is 2.50 bits per heavy atom. The van der Waals surface area contributed by atoms with Crippen LogP contribution in [0.1, 0.15) is 39.0 Å². The molecule has 0 amide bonds. The lowest BCUT2D eigenvalue weighted by molar-refractivity contribution is -0.150. The molecule has 0 spiro atoms. The van der Waals surface area contributed by atoms with E-state index < -0.39 is 0 Å². The Labute approximate surface area is 121 Å². The SMILES string of the molecule is CCOC(=O)CC1(N2CCOCC2)CCC(OC)CC1. The molecule has 0 N–H and O–H groups in total. The van der Waals surface area contributed by atoms with Gasteiger partial charge in [-0.1, -0.05) is 0 Å². The third-order valence-corrected chi connectivity index (χ3v) is 4.66. The lowest BCUT2D eigenvalue weighted by atomic mass is 9.76. The fraction of sp³-hybridized carbons (Fsp3) is 0.933. The van der Waals surface area contributed by atoms with Gasteiger partial charge in [0.15, 0.2) is 0 Å². The molecule has 0 atom stereocenters. The fourth-order valence-electron chi connectivity index (χ4n) is 3.49. The van der Waals surface area contributed by atoms with E-state index in [0.29, 0.717) is 19.1 Å². The number of hydrogen-bond donors (Lipinski definition) is 0. The van der Waals surface area contributed by atoms with Gasteiger partial charge in [-0.3, -0.25) is 9.69 Å². The van der Waals surface area contributed by atoms with Crippen LogP contribution in [0.4, 0.5) is 0 Å². The Bertz CT molecular complexity index is 307. The normalized spacial score (nSPS) is 32.0. The number of rotatable bonds is 5. The molecule has 1 saturated heterocycles. The molecular weight excluding hydrogens is 258 g/mol. The molecule has 0 radical (unpaired) electrons. The quantitative estimate of drug-likeness (QED) is 0.718. The summed E-state index contributed by atoms with van der Waals surface area (Å²) in [4.78, 5) is 14.4. The van der Waals surface area contributed by atoms with Gasteiger partial charge in [-0.05, 0) is 32.6 Å². The molecule has 2 fully saturated rings. The first-order chi connectivity index (χ1) is 9.70. The number of morpholine rings is 1. The number of nitrogens with zero attached hydrogens (tertiary/aromatic N) is 1. The molecule has 0 aromatic heterocycles. The van der Waals surface area contributed by atoms with Crippen molar-refractivity contribution < 1.29 is 19.0 Å². The second-order valence-corrected chi connectivity index (χ2v) is 5.74. The van der Waals surface area contributed by atoms with Crippen molar-refractivity contribution in [2.75, 3.05) is 40.0 Å². The minimum absolute atomic E-state index is 0.0505. The average molecular weight is 285 g/mol. The molecule has 0 aromatic carbocycles. The molecule has 2 rings (SSSR count). The molecule has 5 heteroatoms. The largest absolute Gasteiger partial charge is 0.466 e. The Hall–Kier alpha value is -0.650. The van der Waals surface area contributed by atoms with Crippen LogP contribution in [0.15, 0.2) is 0 Å². The van der Waals surface area contributed by atoms with E-state index in [2.05, 4.69) is 4.90 Å². The first-order valence-corrected chi connectivity index (χ1v) is 7.71. The second-order valence-electron chi connectivity index (χ2n) is 5.74. The number of carbonyl (C=O) groups excluding carboxylic acids is 1. The summed E-state index contributed by atoms with van der Waals surface area (Å²) in [6, 6.07) is 0. The Balaban J connectivity index is 2.04. The van der Waals surface area contributed by atoms with Crippen LogP contribution < -0.4 is 0 Å². The number of ether oxygens (including phenoxy) is 3.